The molecule has 21 heavy (non-hydrogen) atoms. The van der Waals surface area contributed by atoms with Crippen LogP contribution in [0.2, 0.25) is 0 Å². The van der Waals surface area contributed by atoms with E-state index in [1.54, 1.807) is 12.1 Å². The van der Waals surface area contributed by atoms with Crippen LogP contribution in [-0.4, -0.2) is 42.0 Å². The van der Waals surface area contributed by atoms with E-state index in [9.17, 15) is 14.9 Å². The fourth-order valence-electron chi connectivity index (χ4n) is 2.10. The van der Waals surface area contributed by atoms with Crippen LogP contribution in [0, 0.1) is 10.1 Å². The molecule has 1 aliphatic heterocycles. The zero-order valence-corrected chi connectivity index (χ0v) is 13.2. The molecular weight excluding hydrogens is 366 g/mol. The van der Waals surface area contributed by atoms with Crippen molar-refractivity contribution in [3.63, 3.8) is 0 Å². The van der Waals surface area contributed by atoms with E-state index >= 15 is 0 Å². The fraction of sp³-hybridized carbons (Fsp3) is 0.417. The Hall–Kier alpha value is -1.38. The van der Waals surface area contributed by atoms with Crippen LogP contribution in [0.4, 0.5) is 11.4 Å². The van der Waals surface area contributed by atoms with Crippen LogP contribution in [0.25, 0.3) is 0 Å². The van der Waals surface area contributed by atoms with Gasteiger partial charge in [0.15, 0.2) is 0 Å². The third-order valence-electron chi connectivity index (χ3n) is 3.05. The molecule has 2 unspecified atom stereocenters. The first kappa shape index (κ1) is 16.0. The van der Waals surface area contributed by atoms with Gasteiger partial charge in [0, 0.05) is 23.6 Å². The topological polar surface area (TPSA) is 93.5 Å². The van der Waals surface area contributed by atoms with Gasteiger partial charge in [-0.25, -0.2) is 0 Å². The van der Waals surface area contributed by atoms with Crippen molar-refractivity contribution < 1.29 is 14.5 Å². The van der Waals surface area contributed by atoms with Crippen LogP contribution >= 0.6 is 27.5 Å². The van der Waals surface area contributed by atoms with Crippen molar-refractivity contribution in [1.29, 1.82) is 0 Å². The molecule has 9 heteroatoms. The lowest BCUT2D eigenvalue weighted by atomic mass is 10.2. The van der Waals surface area contributed by atoms with Gasteiger partial charge in [-0.3, -0.25) is 14.9 Å². The molecule has 0 amide bonds. The number of nitro benzene ring substituents is 1. The molecule has 1 aliphatic rings. The Labute approximate surface area is 134 Å². The predicted molar refractivity (Wildman–Crippen MR) is 81.7 cm³/mol. The van der Waals surface area contributed by atoms with Crippen LogP contribution in [0.1, 0.15) is 0 Å². The normalized spacial score (nSPS) is 21.0. The third kappa shape index (κ3) is 4.05. The molecule has 0 saturated carbocycles. The minimum absolute atomic E-state index is 0.0429. The molecule has 0 spiro atoms. The molecule has 2 atom stereocenters. The number of anilines is 1. The summed E-state index contributed by atoms with van der Waals surface area (Å²) in [5.41, 5.74) is 0.336. The first-order chi connectivity index (χ1) is 10.0. The van der Waals surface area contributed by atoms with Crippen LogP contribution in [0.3, 0.4) is 0 Å². The second kappa shape index (κ2) is 7.06. The molecule has 1 aromatic carbocycles. The second-order valence-corrected chi connectivity index (χ2v) is 5.67. The number of benzene rings is 1. The molecule has 0 aromatic heterocycles. The number of esters is 1. The second-order valence-electron chi connectivity index (χ2n) is 4.49. The smallest absolute Gasteiger partial charge is 0.321 e. The van der Waals surface area contributed by atoms with Crippen LogP contribution in [-0.2, 0) is 9.53 Å². The summed E-state index contributed by atoms with van der Waals surface area (Å²) in [6.45, 7) is 1.01. The molecule has 2 N–H and O–H groups in total. The summed E-state index contributed by atoms with van der Waals surface area (Å²) >= 11 is 8.62. The fourth-order valence-corrected chi connectivity index (χ4v) is 2.51. The van der Waals surface area contributed by atoms with Crippen molar-refractivity contribution >= 4 is 44.9 Å². The summed E-state index contributed by atoms with van der Waals surface area (Å²) in [5.74, 6) is -0.732. The summed E-state index contributed by atoms with van der Waals surface area (Å²) in [7, 11) is 0. The van der Waals surface area contributed by atoms with Crippen molar-refractivity contribution in [2.45, 2.75) is 12.1 Å². The number of nitrogens with zero attached hydrogens (tertiary/aromatic N) is 1. The molecule has 0 bridgehead atoms. The Bertz CT molecular complexity index is 557. The summed E-state index contributed by atoms with van der Waals surface area (Å²) in [6, 6.07) is 4.49. The molecule has 2 rings (SSSR count). The quantitative estimate of drug-likeness (QED) is 0.352. The lowest BCUT2D eigenvalue weighted by Crippen LogP contribution is -2.36. The van der Waals surface area contributed by atoms with Gasteiger partial charge < -0.3 is 15.4 Å². The zero-order chi connectivity index (χ0) is 15.4. The highest BCUT2D eigenvalue weighted by molar-refractivity contribution is 9.10. The highest BCUT2D eigenvalue weighted by Gasteiger charge is 2.31. The molecular formula is C12H13BrClN3O4. The maximum Gasteiger partial charge on any atom is 0.321 e. The molecule has 0 radical (unpaired) electrons. The van der Waals surface area contributed by atoms with Crippen molar-refractivity contribution in [3.05, 3.63) is 32.8 Å². The van der Waals surface area contributed by atoms with Gasteiger partial charge in [0.25, 0.3) is 5.69 Å². The highest BCUT2D eigenvalue weighted by atomic mass is 79.9. The van der Waals surface area contributed by atoms with E-state index in [1.165, 1.54) is 6.07 Å². The van der Waals surface area contributed by atoms with Crippen LogP contribution < -0.4 is 10.6 Å². The van der Waals surface area contributed by atoms with E-state index < -0.39 is 17.0 Å². The molecule has 1 fully saturated rings. The Morgan fingerprint density at radius 2 is 2.33 bits per heavy atom. The van der Waals surface area contributed by atoms with E-state index in [0.29, 0.717) is 23.2 Å². The van der Waals surface area contributed by atoms with Crippen molar-refractivity contribution in [2.24, 2.45) is 0 Å². The van der Waals surface area contributed by atoms with E-state index in [4.69, 9.17) is 16.3 Å². The average Bonchev–Trinajstić information content (AvgIpc) is 2.87. The third-order valence-corrected chi connectivity index (χ3v) is 3.76. The molecule has 7 nitrogen and oxygen atoms in total. The van der Waals surface area contributed by atoms with Gasteiger partial charge in [-0.1, -0.05) is 15.9 Å². The van der Waals surface area contributed by atoms with Gasteiger partial charge in [-0.15, -0.1) is 11.6 Å². The van der Waals surface area contributed by atoms with Gasteiger partial charge in [-0.2, -0.15) is 0 Å². The first-order valence-corrected chi connectivity index (χ1v) is 7.50. The number of ether oxygens (including phenoxy) is 1. The van der Waals surface area contributed by atoms with E-state index in [2.05, 4.69) is 26.6 Å². The lowest BCUT2D eigenvalue weighted by molar-refractivity contribution is -0.384. The number of nitrogens with one attached hydrogen (secondary N) is 2. The zero-order valence-electron chi connectivity index (χ0n) is 10.8. The van der Waals surface area contributed by atoms with E-state index in [1.807, 2.05) is 0 Å². The van der Waals surface area contributed by atoms with Gasteiger partial charge in [0.05, 0.1) is 11.0 Å². The van der Waals surface area contributed by atoms with Gasteiger partial charge in [0.2, 0.25) is 0 Å². The van der Waals surface area contributed by atoms with E-state index in [-0.39, 0.29) is 17.6 Å². The van der Waals surface area contributed by atoms with Gasteiger partial charge >= 0.3 is 5.97 Å². The SMILES string of the molecule is O=C(CCl)OC1CNCC1Nc1ccc(Br)cc1[N+](=O)[O-]. The average molecular weight is 379 g/mol. The molecule has 1 aromatic rings. The van der Waals surface area contributed by atoms with Crippen LogP contribution in [0.5, 0.6) is 0 Å². The molecule has 1 saturated heterocycles. The van der Waals surface area contributed by atoms with E-state index in [0.717, 1.165) is 0 Å². The summed E-state index contributed by atoms with van der Waals surface area (Å²) < 4.78 is 5.81. The summed E-state index contributed by atoms with van der Waals surface area (Å²) in [6.07, 6.45) is -0.417. The van der Waals surface area contributed by atoms with Crippen molar-refractivity contribution in [2.75, 3.05) is 24.3 Å². The Morgan fingerprint density at radius 3 is 3.00 bits per heavy atom. The number of carbonyl (C=O) groups excluding carboxylic acids is 1. The Kier molecular flexibility index (Phi) is 5.38. The number of rotatable bonds is 5. The maximum atomic E-state index is 11.3. The Balaban J connectivity index is 2.13. The number of hydrogen-bond acceptors (Lipinski definition) is 6. The molecule has 0 aliphatic carbocycles. The molecule has 114 valence electrons. The summed E-state index contributed by atoms with van der Waals surface area (Å²) in [5, 5.41) is 17.2. The minimum Gasteiger partial charge on any atom is -0.458 e. The highest BCUT2D eigenvalue weighted by Crippen LogP contribution is 2.29. The van der Waals surface area contributed by atoms with Crippen molar-refractivity contribution in [3.8, 4) is 0 Å². The molecule has 1 heterocycles. The number of alkyl halides is 1. The minimum atomic E-state index is -0.512. The van der Waals surface area contributed by atoms with Crippen molar-refractivity contribution in [1.82, 2.24) is 5.32 Å². The largest absolute Gasteiger partial charge is 0.458 e. The number of halogens is 2. The summed E-state index contributed by atoms with van der Waals surface area (Å²) in [4.78, 5) is 21.9. The predicted octanol–water partition coefficient (Wildman–Crippen LogP) is 1.89. The number of nitro groups is 1. The maximum absolute atomic E-state index is 11.3. The monoisotopic (exact) mass is 377 g/mol. The van der Waals surface area contributed by atoms with Gasteiger partial charge in [-0.05, 0) is 12.1 Å². The Morgan fingerprint density at radius 1 is 1.57 bits per heavy atom. The number of carbonyl (C=O) groups is 1. The lowest BCUT2D eigenvalue weighted by Gasteiger charge is -2.21. The number of hydrogen-bond donors (Lipinski definition) is 2. The van der Waals surface area contributed by atoms with Crippen LogP contribution in [0.15, 0.2) is 22.7 Å². The standard InChI is InChI=1S/C12H13BrClN3O4/c13-7-1-2-8(10(3-7)17(19)20)16-9-5-15-6-11(9)21-12(18)4-14/h1-3,9,11,15-16H,4-6H2. The first-order valence-electron chi connectivity index (χ1n) is 6.18. The van der Waals surface area contributed by atoms with Gasteiger partial charge in [0.1, 0.15) is 17.7 Å².